The maximum absolute atomic E-state index is 11.9. The first-order valence-electron chi connectivity index (χ1n) is 13.8. The van der Waals surface area contributed by atoms with Crippen molar-refractivity contribution in [1.82, 2.24) is 0 Å². The van der Waals surface area contributed by atoms with Gasteiger partial charge in [0.05, 0.1) is 5.60 Å². The molecule has 2 N–H and O–H groups in total. The van der Waals surface area contributed by atoms with Gasteiger partial charge in [0.25, 0.3) is 0 Å². The van der Waals surface area contributed by atoms with Gasteiger partial charge in [0, 0.05) is 17.1 Å². The van der Waals surface area contributed by atoms with Crippen molar-refractivity contribution < 1.29 is 10.2 Å². The highest BCUT2D eigenvalue weighted by Gasteiger charge is 2.35. The zero-order chi connectivity index (χ0) is 27.2. The maximum atomic E-state index is 11.9. The molecule has 0 aliphatic rings. The van der Waals surface area contributed by atoms with E-state index >= 15 is 0 Å². The van der Waals surface area contributed by atoms with Crippen molar-refractivity contribution in [3.05, 3.63) is 130 Å². The van der Waals surface area contributed by atoms with Crippen LogP contribution in [0.4, 0.5) is 0 Å². The number of phenolic OH excluding ortho intramolecular Hbond substituents is 1. The van der Waals surface area contributed by atoms with Crippen molar-refractivity contribution in [3.8, 4) is 5.75 Å². The van der Waals surface area contributed by atoms with Crippen LogP contribution in [0.3, 0.4) is 0 Å². The van der Waals surface area contributed by atoms with E-state index < -0.39 is 5.60 Å². The molecule has 38 heavy (non-hydrogen) atoms. The Hall–Kier alpha value is -2.93. The second-order valence-electron chi connectivity index (χ2n) is 10.9. The van der Waals surface area contributed by atoms with E-state index in [1.807, 2.05) is 32.0 Å². The van der Waals surface area contributed by atoms with Crippen LogP contribution in [0.15, 0.2) is 97.1 Å². The van der Waals surface area contributed by atoms with Gasteiger partial charge in [-0.2, -0.15) is 0 Å². The Kier molecular flexibility index (Phi) is 9.08. The van der Waals surface area contributed by atoms with Crippen molar-refractivity contribution in [2.45, 2.75) is 70.6 Å². The molecule has 0 aliphatic heterocycles. The Balaban J connectivity index is 1.87. The highest BCUT2D eigenvalue weighted by molar-refractivity contribution is 7.48. The predicted molar refractivity (Wildman–Crippen MR) is 163 cm³/mol. The molecular formula is C35H41O2P. The van der Waals surface area contributed by atoms with Crippen LogP contribution in [0.5, 0.6) is 5.75 Å². The zero-order valence-corrected chi connectivity index (χ0v) is 24.2. The van der Waals surface area contributed by atoms with Gasteiger partial charge in [0.1, 0.15) is 5.75 Å². The third kappa shape index (κ3) is 6.55. The number of aromatic hydroxyl groups is 1. The fraction of sp³-hybridized carbons (Fsp3) is 0.314. The summed E-state index contributed by atoms with van der Waals surface area (Å²) < 4.78 is 0. The molecule has 0 radical (unpaired) electrons. The molecule has 0 spiro atoms. The molecular weight excluding hydrogens is 483 g/mol. The number of hydrogen-bond donors (Lipinski definition) is 2. The van der Waals surface area contributed by atoms with Gasteiger partial charge in [-0.05, 0) is 66.2 Å². The van der Waals surface area contributed by atoms with Crippen molar-refractivity contribution in [2.75, 3.05) is 0 Å². The van der Waals surface area contributed by atoms with Crippen molar-refractivity contribution in [1.29, 1.82) is 0 Å². The first-order chi connectivity index (χ1) is 18.3. The smallest absolute Gasteiger partial charge is 0.123 e. The molecule has 0 aromatic heterocycles. The van der Waals surface area contributed by atoms with E-state index in [2.05, 4.69) is 92.7 Å². The maximum Gasteiger partial charge on any atom is 0.123 e. The molecule has 0 saturated heterocycles. The van der Waals surface area contributed by atoms with E-state index in [0.29, 0.717) is 20.8 Å². The molecule has 2 nitrogen and oxygen atoms in total. The fourth-order valence-electron chi connectivity index (χ4n) is 5.54. The van der Waals surface area contributed by atoms with E-state index in [4.69, 9.17) is 0 Å². The minimum Gasteiger partial charge on any atom is -0.507 e. The van der Waals surface area contributed by atoms with Crippen molar-refractivity contribution in [2.24, 2.45) is 0 Å². The summed E-state index contributed by atoms with van der Waals surface area (Å²) >= 11 is 0. The van der Waals surface area contributed by atoms with Gasteiger partial charge in [0.2, 0.25) is 0 Å². The molecule has 0 heterocycles. The van der Waals surface area contributed by atoms with Crippen LogP contribution in [-0.4, -0.2) is 10.2 Å². The van der Waals surface area contributed by atoms with Gasteiger partial charge < -0.3 is 10.2 Å². The predicted octanol–water partition coefficient (Wildman–Crippen LogP) is 8.21. The van der Waals surface area contributed by atoms with Crippen molar-refractivity contribution in [3.63, 3.8) is 0 Å². The molecule has 0 fully saturated rings. The molecule has 2 atom stereocenters. The van der Waals surface area contributed by atoms with Gasteiger partial charge in [0.15, 0.2) is 0 Å². The first-order valence-corrected chi connectivity index (χ1v) is 14.8. The summed E-state index contributed by atoms with van der Waals surface area (Å²) in [6, 6.07) is 33.7. The van der Waals surface area contributed by atoms with E-state index in [1.165, 1.54) is 22.0 Å². The Bertz CT molecular complexity index is 1330. The normalized spacial score (nSPS) is 13.6. The average molecular weight is 525 g/mol. The molecule has 4 aromatic carbocycles. The second-order valence-corrected chi connectivity index (χ2v) is 12.6. The molecule has 0 saturated carbocycles. The van der Waals surface area contributed by atoms with Crippen LogP contribution in [0.25, 0.3) is 0 Å². The Labute approximate surface area is 230 Å². The average Bonchev–Trinajstić information content (AvgIpc) is 2.91. The topological polar surface area (TPSA) is 40.5 Å². The number of hydrogen-bond acceptors (Lipinski definition) is 2. The molecule has 0 aliphatic carbocycles. The Morgan fingerprint density at radius 3 is 1.84 bits per heavy atom. The Morgan fingerprint density at radius 1 is 0.684 bits per heavy atom. The quantitative estimate of drug-likeness (QED) is 0.194. The monoisotopic (exact) mass is 524 g/mol. The van der Waals surface area contributed by atoms with Crippen LogP contribution >= 0.6 is 8.58 Å². The molecule has 0 amide bonds. The summed E-state index contributed by atoms with van der Waals surface area (Å²) in [6.07, 6.45) is 4.41. The van der Waals surface area contributed by atoms with Gasteiger partial charge in [-0.3, -0.25) is 0 Å². The molecule has 4 aromatic rings. The van der Waals surface area contributed by atoms with Crippen molar-refractivity contribution >= 4 is 13.9 Å². The summed E-state index contributed by atoms with van der Waals surface area (Å²) in [5.41, 5.74) is 5.76. The number of rotatable bonds is 11. The van der Waals surface area contributed by atoms with Crippen LogP contribution in [0, 0.1) is 0 Å². The third-order valence-electron chi connectivity index (χ3n) is 7.49. The highest BCUT2D eigenvalue weighted by Crippen LogP contribution is 2.52. The fourth-order valence-corrected chi connectivity index (χ4v) is 7.64. The summed E-state index contributed by atoms with van der Waals surface area (Å²) in [7, 11) is 0.427. The van der Waals surface area contributed by atoms with Crippen LogP contribution in [0.1, 0.15) is 80.3 Å². The molecule has 4 rings (SSSR count). The van der Waals surface area contributed by atoms with Gasteiger partial charge >= 0.3 is 0 Å². The standard InChI is InChI=1S/C35H41O2P/c1-5-21-35(6-2,38-32-20-14-13-19-30(32)34(3,4)37)31-25-28(22-26-15-9-7-10-16-26)24-29(33(31)36)23-27-17-11-8-12-18-27/h7-20,24-25,36-38H,5-6,21-23H2,1-4H3. The summed E-state index contributed by atoms with van der Waals surface area (Å²) in [4.78, 5) is 0. The van der Waals surface area contributed by atoms with E-state index in [9.17, 15) is 10.2 Å². The lowest BCUT2D eigenvalue weighted by molar-refractivity contribution is 0.0797. The minimum atomic E-state index is -0.926. The SMILES string of the molecule is CCCC(CC)(Pc1ccccc1C(C)(C)O)c1cc(Cc2ccccc2)cc(Cc2ccccc2)c1O. The largest absolute Gasteiger partial charge is 0.507 e. The van der Waals surface area contributed by atoms with E-state index in [-0.39, 0.29) is 5.16 Å². The summed E-state index contributed by atoms with van der Waals surface area (Å²) in [5, 5.41) is 23.8. The first kappa shape index (κ1) is 28.1. The zero-order valence-electron chi connectivity index (χ0n) is 23.2. The second kappa shape index (κ2) is 12.3. The van der Waals surface area contributed by atoms with Gasteiger partial charge in [-0.15, -0.1) is 0 Å². The number of phenols is 1. The molecule has 3 heteroatoms. The molecule has 198 valence electrons. The lowest BCUT2D eigenvalue weighted by Crippen LogP contribution is -2.28. The molecule has 0 bridgehead atoms. The van der Waals surface area contributed by atoms with Crippen LogP contribution in [-0.2, 0) is 23.6 Å². The lowest BCUT2D eigenvalue weighted by atomic mass is 9.85. The number of aliphatic hydroxyl groups is 1. The highest BCUT2D eigenvalue weighted by atomic mass is 31.1. The van der Waals surface area contributed by atoms with Gasteiger partial charge in [-0.25, -0.2) is 0 Å². The Morgan fingerprint density at radius 2 is 1.26 bits per heavy atom. The summed E-state index contributed by atoms with van der Waals surface area (Å²) in [6.45, 7) is 8.20. The lowest BCUT2D eigenvalue weighted by Gasteiger charge is -2.37. The van der Waals surface area contributed by atoms with Gasteiger partial charge in [-0.1, -0.05) is 126 Å². The summed E-state index contributed by atoms with van der Waals surface area (Å²) in [5.74, 6) is 0.425. The minimum absolute atomic E-state index is 0.224. The molecule has 2 unspecified atom stereocenters. The van der Waals surface area contributed by atoms with E-state index in [0.717, 1.165) is 42.4 Å². The van der Waals surface area contributed by atoms with Crippen LogP contribution in [0.2, 0.25) is 0 Å². The third-order valence-corrected chi connectivity index (χ3v) is 9.55. The number of benzene rings is 4. The van der Waals surface area contributed by atoms with E-state index in [1.54, 1.807) is 0 Å². The van der Waals surface area contributed by atoms with Crippen LogP contribution < -0.4 is 5.30 Å².